The van der Waals surface area contributed by atoms with Crippen LogP contribution in [-0.4, -0.2) is 78.7 Å². The van der Waals surface area contributed by atoms with E-state index in [9.17, 15) is 21.6 Å². The number of nitrogens with one attached hydrogen (secondary N) is 1. The molecule has 0 aliphatic carbocycles. The number of sulfonamides is 2. The zero-order valence-corrected chi connectivity index (χ0v) is 23.0. The molecule has 1 saturated heterocycles. The number of piperazine rings is 1. The minimum absolute atomic E-state index is 0.00853. The molecule has 4 rings (SSSR count). The van der Waals surface area contributed by atoms with E-state index in [1.807, 2.05) is 30.3 Å². The van der Waals surface area contributed by atoms with Gasteiger partial charge in [-0.1, -0.05) is 24.3 Å². The molecule has 12 heteroatoms. The van der Waals surface area contributed by atoms with Gasteiger partial charge in [0.1, 0.15) is 5.75 Å². The molecular formula is C26H30N4O6S2. The maximum atomic E-state index is 13.4. The standard InChI is InChI=1S/C26H30N4O6S2/c1-28(2)37(32,33)23-12-13-25(36-3)24(19-23)27-26(31)20-8-7-11-22(18-20)38(34,35)30-16-14-29(15-17-30)21-9-5-4-6-10-21/h4-13,18-19H,14-17H2,1-3H3,(H,27,31). The highest BCUT2D eigenvalue weighted by Crippen LogP contribution is 2.29. The van der Waals surface area contributed by atoms with Gasteiger partial charge in [-0.15, -0.1) is 0 Å². The van der Waals surface area contributed by atoms with Crippen LogP contribution in [0.4, 0.5) is 11.4 Å². The Morgan fingerprint density at radius 1 is 0.842 bits per heavy atom. The fourth-order valence-electron chi connectivity index (χ4n) is 4.12. The van der Waals surface area contributed by atoms with Gasteiger partial charge in [-0.2, -0.15) is 4.31 Å². The maximum Gasteiger partial charge on any atom is 0.255 e. The lowest BCUT2D eigenvalue weighted by molar-refractivity contribution is 0.102. The number of benzene rings is 3. The number of carbonyl (C=O) groups is 1. The van der Waals surface area contributed by atoms with Crippen molar-refractivity contribution in [1.29, 1.82) is 0 Å². The van der Waals surface area contributed by atoms with Crippen LogP contribution >= 0.6 is 0 Å². The molecule has 3 aromatic carbocycles. The Balaban J connectivity index is 1.53. The SMILES string of the molecule is COc1ccc(S(=O)(=O)N(C)C)cc1NC(=O)c1cccc(S(=O)(=O)N2CCN(c3ccccc3)CC2)c1. The van der Waals surface area contributed by atoms with Gasteiger partial charge in [0.15, 0.2) is 0 Å². The average Bonchev–Trinajstić information content (AvgIpc) is 2.93. The summed E-state index contributed by atoms with van der Waals surface area (Å²) in [5, 5.41) is 2.65. The number of para-hydroxylation sites is 1. The van der Waals surface area contributed by atoms with E-state index in [4.69, 9.17) is 4.74 Å². The second-order valence-corrected chi connectivity index (χ2v) is 12.9. The number of carbonyl (C=O) groups excluding carboxylic acids is 1. The van der Waals surface area contributed by atoms with Crippen molar-refractivity contribution in [2.45, 2.75) is 9.79 Å². The van der Waals surface area contributed by atoms with E-state index in [-0.39, 0.29) is 26.8 Å². The molecule has 0 atom stereocenters. The smallest absolute Gasteiger partial charge is 0.255 e. The van der Waals surface area contributed by atoms with E-state index in [0.29, 0.717) is 26.2 Å². The number of hydrogen-bond donors (Lipinski definition) is 1. The molecule has 0 bridgehead atoms. The van der Waals surface area contributed by atoms with Crippen LogP contribution in [-0.2, 0) is 20.0 Å². The van der Waals surface area contributed by atoms with Crippen LogP contribution < -0.4 is 15.0 Å². The van der Waals surface area contributed by atoms with Crippen molar-refractivity contribution in [2.75, 3.05) is 57.6 Å². The second-order valence-electron chi connectivity index (χ2n) is 8.86. The van der Waals surface area contributed by atoms with Crippen molar-refractivity contribution in [2.24, 2.45) is 0 Å². The Morgan fingerprint density at radius 3 is 2.16 bits per heavy atom. The van der Waals surface area contributed by atoms with E-state index in [1.165, 1.54) is 68.0 Å². The molecule has 1 aliphatic heterocycles. The summed E-state index contributed by atoms with van der Waals surface area (Å²) in [6.45, 7) is 1.74. The van der Waals surface area contributed by atoms with E-state index < -0.39 is 26.0 Å². The predicted molar refractivity (Wildman–Crippen MR) is 146 cm³/mol. The van der Waals surface area contributed by atoms with Gasteiger partial charge in [0.25, 0.3) is 5.91 Å². The quantitative estimate of drug-likeness (QED) is 0.452. The molecular weight excluding hydrogens is 528 g/mol. The Labute approximate surface area is 223 Å². The Bertz CT molecular complexity index is 1520. The normalized spacial score (nSPS) is 14.9. The first-order chi connectivity index (χ1) is 18.0. The highest BCUT2D eigenvalue weighted by molar-refractivity contribution is 7.89. The predicted octanol–water partition coefficient (Wildman–Crippen LogP) is 2.71. The number of methoxy groups -OCH3 is 1. The van der Waals surface area contributed by atoms with Crippen molar-refractivity contribution in [3.05, 3.63) is 78.4 Å². The summed E-state index contributed by atoms with van der Waals surface area (Å²) >= 11 is 0. The van der Waals surface area contributed by atoms with Crippen LogP contribution in [0, 0.1) is 0 Å². The Kier molecular flexibility index (Phi) is 8.07. The van der Waals surface area contributed by atoms with Crippen molar-refractivity contribution in [3.63, 3.8) is 0 Å². The summed E-state index contributed by atoms with van der Waals surface area (Å²) in [5.41, 5.74) is 1.30. The molecule has 1 amide bonds. The van der Waals surface area contributed by atoms with Gasteiger partial charge in [0.2, 0.25) is 20.0 Å². The van der Waals surface area contributed by atoms with Crippen LogP contribution in [0.3, 0.4) is 0 Å². The number of amides is 1. The molecule has 0 aromatic heterocycles. The lowest BCUT2D eigenvalue weighted by Gasteiger charge is -2.35. The first-order valence-electron chi connectivity index (χ1n) is 11.9. The highest BCUT2D eigenvalue weighted by Gasteiger charge is 2.29. The molecule has 202 valence electrons. The summed E-state index contributed by atoms with van der Waals surface area (Å²) in [6, 6.07) is 19.7. The fourth-order valence-corrected chi connectivity index (χ4v) is 6.52. The van der Waals surface area contributed by atoms with Crippen LogP contribution in [0.5, 0.6) is 5.75 Å². The molecule has 0 radical (unpaired) electrons. The van der Waals surface area contributed by atoms with Gasteiger partial charge in [0, 0.05) is 51.5 Å². The van der Waals surface area contributed by atoms with Gasteiger partial charge >= 0.3 is 0 Å². The Morgan fingerprint density at radius 2 is 1.53 bits per heavy atom. The number of nitrogens with zero attached hydrogens (tertiary/aromatic N) is 3. The Hall–Kier alpha value is -3.45. The van der Waals surface area contributed by atoms with Gasteiger partial charge in [-0.05, 0) is 48.5 Å². The highest BCUT2D eigenvalue weighted by atomic mass is 32.2. The van der Waals surface area contributed by atoms with E-state index in [0.717, 1.165) is 9.99 Å². The number of anilines is 2. The third-order valence-electron chi connectivity index (χ3n) is 6.29. The van der Waals surface area contributed by atoms with Crippen molar-refractivity contribution < 1.29 is 26.4 Å². The maximum absolute atomic E-state index is 13.4. The van der Waals surface area contributed by atoms with Crippen molar-refractivity contribution >= 4 is 37.3 Å². The topological polar surface area (TPSA) is 116 Å². The third kappa shape index (κ3) is 5.68. The molecule has 1 heterocycles. The first kappa shape index (κ1) is 27.6. The van der Waals surface area contributed by atoms with E-state index >= 15 is 0 Å². The summed E-state index contributed by atoms with van der Waals surface area (Å²) < 4.78 is 59.6. The van der Waals surface area contributed by atoms with Gasteiger partial charge in [0.05, 0.1) is 22.6 Å². The molecule has 1 N–H and O–H groups in total. The monoisotopic (exact) mass is 558 g/mol. The minimum Gasteiger partial charge on any atom is -0.495 e. The molecule has 0 saturated carbocycles. The molecule has 3 aromatic rings. The molecule has 38 heavy (non-hydrogen) atoms. The van der Waals surface area contributed by atoms with E-state index in [1.54, 1.807) is 0 Å². The van der Waals surface area contributed by atoms with Gasteiger partial charge in [-0.3, -0.25) is 4.79 Å². The van der Waals surface area contributed by atoms with E-state index in [2.05, 4.69) is 10.2 Å². The van der Waals surface area contributed by atoms with Gasteiger partial charge < -0.3 is 15.0 Å². The number of hydrogen-bond acceptors (Lipinski definition) is 7. The largest absolute Gasteiger partial charge is 0.495 e. The third-order valence-corrected chi connectivity index (χ3v) is 10.00. The molecule has 1 fully saturated rings. The zero-order valence-electron chi connectivity index (χ0n) is 21.4. The molecule has 1 aliphatic rings. The zero-order chi connectivity index (χ0) is 27.5. The van der Waals surface area contributed by atoms with Crippen LogP contribution in [0.15, 0.2) is 82.6 Å². The molecule has 0 spiro atoms. The van der Waals surface area contributed by atoms with Crippen LogP contribution in [0.25, 0.3) is 0 Å². The molecule has 0 unspecified atom stereocenters. The molecule has 10 nitrogen and oxygen atoms in total. The number of rotatable bonds is 8. The summed E-state index contributed by atoms with van der Waals surface area (Å²) in [7, 11) is -3.36. The summed E-state index contributed by atoms with van der Waals surface area (Å²) in [5.74, 6) is -0.343. The minimum atomic E-state index is -3.83. The summed E-state index contributed by atoms with van der Waals surface area (Å²) in [4.78, 5) is 15.2. The van der Waals surface area contributed by atoms with Crippen LogP contribution in [0.2, 0.25) is 0 Å². The second kappa shape index (κ2) is 11.1. The van der Waals surface area contributed by atoms with Crippen molar-refractivity contribution in [1.82, 2.24) is 8.61 Å². The van der Waals surface area contributed by atoms with Crippen LogP contribution in [0.1, 0.15) is 10.4 Å². The lowest BCUT2D eigenvalue weighted by atomic mass is 10.2. The average molecular weight is 559 g/mol. The first-order valence-corrected chi connectivity index (χ1v) is 14.7. The summed E-state index contributed by atoms with van der Waals surface area (Å²) in [6.07, 6.45) is 0. The van der Waals surface area contributed by atoms with Crippen molar-refractivity contribution in [3.8, 4) is 5.75 Å². The number of ether oxygens (including phenoxy) is 1. The van der Waals surface area contributed by atoms with Gasteiger partial charge in [-0.25, -0.2) is 21.1 Å². The lowest BCUT2D eigenvalue weighted by Crippen LogP contribution is -2.48. The fraction of sp³-hybridized carbons (Fsp3) is 0.269.